The third-order valence-electron chi connectivity index (χ3n) is 4.08. The van der Waals surface area contributed by atoms with Crippen molar-refractivity contribution in [2.45, 2.75) is 70.5 Å². The van der Waals surface area contributed by atoms with Crippen molar-refractivity contribution in [1.82, 2.24) is 0 Å². The van der Waals surface area contributed by atoms with Gasteiger partial charge in [-0.05, 0) is 18.8 Å². The van der Waals surface area contributed by atoms with Crippen LogP contribution in [0.25, 0.3) is 0 Å². The van der Waals surface area contributed by atoms with Gasteiger partial charge in [-0.3, -0.25) is 0 Å². The molecule has 0 aromatic carbocycles. The van der Waals surface area contributed by atoms with Gasteiger partial charge in [-0.15, -0.1) is 0 Å². The predicted molar refractivity (Wildman–Crippen MR) is 62.9 cm³/mol. The van der Waals surface area contributed by atoms with Gasteiger partial charge in [0.15, 0.2) is 0 Å². The van der Waals surface area contributed by atoms with E-state index in [0.717, 1.165) is 19.3 Å². The Morgan fingerprint density at radius 1 is 1.20 bits per heavy atom. The number of rotatable bonds is 4. The summed E-state index contributed by atoms with van der Waals surface area (Å²) in [6, 6.07) is 0. The largest absolute Gasteiger partial charge is 0.390 e. The molecule has 2 nitrogen and oxygen atoms in total. The Balaban J connectivity index is 2.71. The van der Waals surface area contributed by atoms with Crippen molar-refractivity contribution in [2.75, 3.05) is 7.11 Å². The Labute approximate surface area is 94.0 Å². The molecule has 0 heterocycles. The molecule has 15 heavy (non-hydrogen) atoms. The van der Waals surface area contributed by atoms with Gasteiger partial charge >= 0.3 is 0 Å². The molecular formula is C13H26O2. The number of hydrogen-bond donors (Lipinski definition) is 1. The van der Waals surface area contributed by atoms with Crippen LogP contribution in [0.3, 0.4) is 0 Å². The lowest BCUT2D eigenvalue weighted by Crippen LogP contribution is -2.47. The van der Waals surface area contributed by atoms with Gasteiger partial charge in [0.2, 0.25) is 0 Å². The van der Waals surface area contributed by atoms with Crippen LogP contribution in [0.5, 0.6) is 0 Å². The van der Waals surface area contributed by atoms with E-state index in [1.165, 1.54) is 25.7 Å². The van der Waals surface area contributed by atoms with Gasteiger partial charge in [-0.1, -0.05) is 46.0 Å². The second-order valence-electron chi connectivity index (χ2n) is 5.01. The zero-order valence-electron chi connectivity index (χ0n) is 10.5. The molecule has 0 bridgehead atoms. The van der Waals surface area contributed by atoms with Crippen LogP contribution in [0, 0.1) is 5.92 Å². The summed E-state index contributed by atoms with van der Waals surface area (Å²) >= 11 is 0. The first-order valence-electron chi connectivity index (χ1n) is 6.39. The first-order valence-corrected chi connectivity index (χ1v) is 6.39. The van der Waals surface area contributed by atoms with Crippen molar-refractivity contribution in [3.8, 4) is 0 Å². The molecule has 2 unspecified atom stereocenters. The molecule has 90 valence electrons. The SMILES string of the molecule is CCC(C)C(O)C1(OC)CCCCCC1. The van der Waals surface area contributed by atoms with Crippen molar-refractivity contribution in [3.05, 3.63) is 0 Å². The van der Waals surface area contributed by atoms with Crippen LogP contribution < -0.4 is 0 Å². The molecule has 1 rings (SSSR count). The molecule has 0 spiro atoms. The molecule has 0 aromatic heterocycles. The van der Waals surface area contributed by atoms with Gasteiger partial charge in [0, 0.05) is 7.11 Å². The Morgan fingerprint density at radius 3 is 2.13 bits per heavy atom. The number of hydrogen-bond acceptors (Lipinski definition) is 2. The molecule has 1 aliphatic carbocycles. The van der Waals surface area contributed by atoms with Gasteiger partial charge in [0.1, 0.15) is 0 Å². The molecule has 2 atom stereocenters. The average Bonchev–Trinajstić information content (AvgIpc) is 2.53. The highest BCUT2D eigenvalue weighted by atomic mass is 16.5. The molecule has 0 aromatic rings. The smallest absolute Gasteiger partial charge is 0.0939 e. The second kappa shape index (κ2) is 5.86. The van der Waals surface area contributed by atoms with Crippen molar-refractivity contribution in [2.24, 2.45) is 5.92 Å². The zero-order valence-corrected chi connectivity index (χ0v) is 10.5. The third kappa shape index (κ3) is 2.94. The molecule has 1 fully saturated rings. The monoisotopic (exact) mass is 214 g/mol. The molecule has 1 saturated carbocycles. The van der Waals surface area contributed by atoms with Crippen LogP contribution in [-0.4, -0.2) is 23.9 Å². The van der Waals surface area contributed by atoms with Crippen molar-refractivity contribution >= 4 is 0 Å². The van der Waals surface area contributed by atoms with Gasteiger partial charge in [0.25, 0.3) is 0 Å². The Hall–Kier alpha value is -0.0800. The summed E-state index contributed by atoms with van der Waals surface area (Å²) in [5, 5.41) is 10.4. The van der Waals surface area contributed by atoms with Gasteiger partial charge in [-0.25, -0.2) is 0 Å². The predicted octanol–water partition coefficient (Wildman–Crippen LogP) is 3.13. The molecule has 0 saturated heterocycles. The maximum atomic E-state index is 10.4. The lowest BCUT2D eigenvalue weighted by molar-refractivity contribution is -0.130. The van der Waals surface area contributed by atoms with E-state index in [-0.39, 0.29) is 11.7 Å². The summed E-state index contributed by atoms with van der Waals surface area (Å²) < 4.78 is 5.69. The van der Waals surface area contributed by atoms with Crippen molar-refractivity contribution < 1.29 is 9.84 Å². The summed E-state index contributed by atoms with van der Waals surface area (Å²) in [5.74, 6) is 0.336. The Kier molecular flexibility index (Phi) is 5.07. The summed E-state index contributed by atoms with van der Waals surface area (Å²) in [7, 11) is 1.76. The topological polar surface area (TPSA) is 29.5 Å². The van der Waals surface area contributed by atoms with Crippen LogP contribution in [0.15, 0.2) is 0 Å². The molecule has 0 amide bonds. The third-order valence-corrected chi connectivity index (χ3v) is 4.08. The molecule has 0 radical (unpaired) electrons. The quantitative estimate of drug-likeness (QED) is 0.729. The van der Waals surface area contributed by atoms with E-state index < -0.39 is 0 Å². The normalized spacial score (nSPS) is 25.6. The highest BCUT2D eigenvalue weighted by Gasteiger charge is 2.40. The Morgan fingerprint density at radius 2 is 1.73 bits per heavy atom. The van der Waals surface area contributed by atoms with E-state index in [9.17, 15) is 5.11 Å². The number of aliphatic hydroxyl groups excluding tert-OH is 1. The standard InChI is InChI=1S/C13H26O2/c1-4-11(2)12(14)13(15-3)9-7-5-6-8-10-13/h11-12,14H,4-10H2,1-3H3. The second-order valence-corrected chi connectivity index (χ2v) is 5.01. The number of aliphatic hydroxyl groups is 1. The van der Waals surface area contributed by atoms with Crippen LogP contribution in [0.1, 0.15) is 58.8 Å². The van der Waals surface area contributed by atoms with Crippen LogP contribution >= 0.6 is 0 Å². The highest BCUT2D eigenvalue weighted by molar-refractivity contribution is 4.91. The minimum Gasteiger partial charge on any atom is -0.390 e. The summed E-state index contributed by atoms with van der Waals surface area (Å²) in [6.45, 7) is 4.25. The lowest BCUT2D eigenvalue weighted by atomic mass is 9.81. The lowest BCUT2D eigenvalue weighted by Gasteiger charge is -2.39. The molecule has 0 aliphatic heterocycles. The molecule has 1 N–H and O–H groups in total. The minimum absolute atomic E-state index is 0.258. The van der Waals surface area contributed by atoms with E-state index in [1.807, 2.05) is 0 Å². The van der Waals surface area contributed by atoms with Crippen LogP contribution in [-0.2, 0) is 4.74 Å². The fourth-order valence-electron chi connectivity index (χ4n) is 2.69. The van der Waals surface area contributed by atoms with Gasteiger partial charge in [-0.2, -0.15) is 0 Å². The molecular weight excluding hydrogens is 188 g/mol. The maximum Gasteiger partial charge on any atom is 0.0939 e. The highest BCUT2D eigenvalue weighted by Crippen LogP contribution is 2.36. The van der Waals surface area contributed by atoms with Crippen molar-refractivity contribution in [3.63, 3.8) is 0 Å². The first kappa shape index (κ1) is 13.0. The summed E-state index contributed by atoms with van der Waals surface area (Å²) in [4.78, 5) is 0. The summed E-state index contributed by atoms with van der Waals surface area (Å²) in [6.07, 6.45) is 7.74. The molecule has 2 heteroatoms. The van der Waals surface area contributed by atoms with Gasteiger partial charge < -0.3 is 9.84 Å². The van der Waals surface area contributed by atoms with E-state index in [1.54, 1.807) is 7.11 Å². The maximum absolute atomic E-state index is 10.4. The fraction of sp³-hybridized carbons (Fsp3) is 1.00. The van der Waals surface area contributed by atoms with Crippen molar-refractivity contribution in [1.29, 1.82) is 0 Å². The van der Waals surface area contributed by atoms with Gasteiger partial charge in [0.05, 0.1) is 11.7 Å². The zero-order chi connectivity index (χ0) is 11.3. The van der Waals surface area contributed by atoms with Crippen LogP contribution in [0.2, 0.25) is 0 Å². The molecule has 1 aliphatic rings. The minimum atomic E-state index is -0.300. The van der Waals surface area contributed by atoms with E-state index in [2.05, 4.69) is 13.8 Å². The Bertz CT molecular complexity index is 171. The fourth-order valence-corrected chi connectivity index (χ4v) is 2.69. The first-order chi connectivity index (χ1) is 7.16. The average molecular weight is 214 g/mol. The summed E-state index contributed by atoms with van der Waals surface area (Å²) in [5.41, 5.74) is -0.258. The van der Waals surface area contributed by atoms with Crippen LogP contribution in [0.4, 0.5) is 0 Å². The number of ether oxygens (including phenoxy) is 1. The van der Waals surface area contributed by atoms with E-state index in [4.69, 9.17) is 4.74 Å². The van der Waals surface area contributed by atoms with E-state index >= 15 is 0 Å². The number of methoxy groups -OCH3 is 1. The van der Waals surface area contributed by atoms with E-state index in [0.29, 0.717) is 5.92 Å².